The summed E-state index contributed by atoms with van der Waals surface area (Å²) in [5, 5.41) is 12.3. The highest BCUT2D eigenvalue weighted by molar-refractivity contribution is 14.1. The van der Waals surface area contributed by atoms with Crippen LogP contribution in [0.5, 0.6) is 0 Å². The van der Waals surface area contributed by atoms with Crippen LogP contribution < -0.4 is 9.47 Å². The maximum Gasteiger partial charge on any atom is 0.269 e. The SMILES string of the molecule is CN(C)c1ccc(/C(=C\c2sc3cc(I)ccc3[n+]2CI)c2ccc([N+](=O)[O-])cc2)cc1. The summed E-state index contributed by atoms with van der Waals surface area (Å²) in [6, 6.07) is 21.7. The van der Waals surface area contributed by atoms with Gasteiger partial charge in [-0.15, -0.1) is 0 Å². The second-order valence-electron chi connectivity index (χ2n) is 7.40. The van der Waals surface area contributed by atoms with Gasteiger partial charge in [0, 0.05) is 47.6 Å². The van der Waals surface area contributed by atoms with Crippen LogP contribution in [0.3, 0.4) is 0 Å². The van der Waals surface area contributed by atoms with Gasteiger partial charge in [-0.3, -0.25) is 10.1 Å². The molecule has 0 bridgehead atoms. The first kappa shape index (κ1) is 23.1. The summed E-state index contributed by atoms with van der Waals surface area (Å²) in [5.74, 6) is 0. The molecule has 32 heavy (non-hydrogen) atoms. The van der Waals surface area contributed by atoms with Gasteiger partial charge in [0.25, 0.3) is 10.7 Å². The van der Waals surface area contributed by atoms with Gasteiger partial charge in [0.1, 0.15) is 4.70 Å². The number of hydrogen-bond acceptors (Lipinski definition) is 4. The minimum absolute atomic E-state index is 0.0924. The lowest BCUT2D eigenvalue weighted by Gasteiger charge is -2.14. The number of nitro groups is 1. The molecule has 0 amide bonds. The normalized spacial score (nSPS) is 11.7. The molecule has 1 heterocycles. The Morgan fingerprint density at radius 2 is 1.69 bits per heavy atom. The van der Waals surface area contributed by atoms with E-state index in [0.29, 0.717) is 0 Å². The van der Waals surface area contributed by atoms with E-state index < -0.39 is 0 Å². The number of non-ortho nitro benzene ring substituents is 1. The molecular weight excluding hydrogens is 648 g/mol. The van der Waals surface area contributed by atoms with Crippen molar-refractivity contribution in [3.05, 3.63) is 96.5 Å². The molecule has 0 radical (unpaired) electrons. The number of benzene rings is 3. The largest absolute Gasteiger partial charge is 0.378 e. The number of aromatic nitrogens is 1. The number of hydrogen-bond donors (Lipinski definition) is 0. The minimum Gasteiger partial charge on any atom is -0.378 e. The molecule has 1 aromatic heterocycles. The van der Waals surface area contributed by atoms with Crippen molar-refractivity contribution < 1.29 is 9.49 Å². The number of rotatable bonds is 6. The highest BCUT2D eigenvalue weighted by Crippen LogP contribution is 2.31. The van der Waals surface area contributed by atoms with Crippen LogP contribution >= 0.6 is 56.5 Å². The van der Waals surface area contributed by atoms with Crippen molar-refractivity contribution in [3.63, 3.8) is 0 Å². The third-order valence-corrected chi connectivity index (χ3v) is 7.61. The first-order valence-electron chi connectivity index (χ1n) is 9.79. The predicted molar refractivity (Wildman–Crippen MR) is 150 cm³/mol. The summed E-state index contributed by atoms with van der Waals surface area (Å²) in [6.45, 7) is 0. The number of nitrogens with zero attached hydrogens (tertiary/aromatic N) is 3. The maximum absolute atomic E-state index is 11.1. The van der Waals surface area contributed by atoms with E-state index in [1.165, 1.54) is 13.8 Å². The van der Waals surface area contributed by atoms with E-state index in [0.717, 1.165) is 31.9 Å². The van der Waals surface area contributed by atoms with Crippen LogP contribution in [0.4, 0.5) is 11.4 Å². The fraction of sp³-hybridized carbons (Fsp3) is 0.125. The lowest BCUT2D eigenvalue weighted by atomic mass is 9.97. The highest BCUT2D eigenvalue weighted by atomic mass is 127. The average molecular weight is 668 g/mol. The number of anilines is 1. The molecule has 0 fully saturated rings. The molecule has 0 atom stereocenters. The third-order valence-electron chi connectivity index (χ3n) is 5.16. The van der Waals surface area contributed by atoms with Crippen molar-refractivity contribution in [2.45, 2.75) is 4.55 Å². The second-order valence-corrected chi connectivity index (χ2v) is 10.4. The van der Waals surface area contributed by atoms with E-state index in [9.17, 15) is 10.1 Å². The van der Waals surface area contributed by atoms with E-state index in [4.69, 9.17) is 0 Å². The number of fused-ring (bicyclic) bond motifs is 1. The Morgan fingerprint density at radius 1 is 1.06 bits per heavy atom. The maximum atomic E-state index is 11.1. The Balaban J connectivity index is 1.90. The fourth-order valence-corrected chi connectivity index (χ4v) is 6.28. The summed E-state index contributed by atoms with van der Waals surface area (Å²) in [4.78, 5) is 12.8. The summed E-state index contributed by atoms with van der Waals surface area (Å²) in [6.07, 6.45) is 2.20. The van der Waals surface area contributed by atoms with Gasteiger partial charge in [-0.05, 0) is 98.3 Å². The molecule has 162 valence electrons. The zero-order valence-electron chi connectivity index (χ0n) is 17.5. The predicted octanol–water partition coefficient (Wildman–Crippen LogP) is 6.75. The molecule has 0 saturated heterocycles. The average Bonchev–Trinajstić information content (AvgIpc) is 3.13. The molecule has 4 rings (SSSR count). The van der Waals surface area contributed by atoms with Crippen molar-refractivity contribution in [2.75, 3.05) is 19.0 Å². The smallest absolute Gasteiger partial charge is 0.269 e. The standard InChI is InChI=1S/C24H20I2N3O2S/c1-27(2)19-8-3-16(4-9-19)21(17-5-10-20(11-6-17)29(30)31)14-24-28(15-25)22-12-7-18(26)13-23(22)32-24/h3-14H,15H2,1-2H3/q+1. The first-order chi connectivity index (χ1) is 15.4. The number of nitro benzene ring substituents is 1. The van der Waals surface area contributed by atoms with Crippen LogP contribution in [0.1, 0.15) is 16.1 Å². The molecule has 0 aliphatic rings. The van der Waals surface area contributed by atoms with Crippen LogP contribution in [-0.2, 0) is 4.55 Å². The Morgan fingerprint density at radius 3 is 2.25 bits per heavy atom. The quantitative estimate of drug-likeness (QED) is 0.0752. The van der Waals surface area contributed by atoms with Gasteiger partial charge in [-0.25, -0.2) is 0 Å². The Kier molecular flexibility index (Phi) is 7.11. The Labute approximate surface area is 217 Å². The summed E-state index contributed by atoms with van der Waals surface area (Å²) in [7, 11) is 4.04. The lowest BCUT2D eigenvalue weighted by molar-refractivity contribution is -0.641. The van der Waals surface area contributed by atoms with E-state index in [1.807, 2.05) is 26.2 Å². The van der Waals surface area contributed by atoms with Gasteiger partial charge >= 0.3 is 0 Å². The lowest BCUT2D eigenvalue weighted by Crippen LogP contribution is -2.32. The van der Waals surface area contributed by atoms with Crippen LogP contribution in [-0.4, -0.2) is 19.0 Å². The molecular formula is C24H20I2N3O2S+. The summed E-state index contributed by atoms with van der Waals surface area (Å²) >= 11 is 6.49. The van der Waals surface area contributed by atoms with Gasteiger partial charge in [0.15, 0.2) is 4.55 Å². The first-order valence-corrected chi connectivity index (χ1v) is 13.2. The van der Waals surface area contributed by atoms with E-state index in [2.05, 4.69) is 103 Å². The number of thiazole rings is 1. The molecule has 0 aliphatic heterocycles. The van der Waals surface area contributed by atoms with Gasteiger partial charge in [0.05, 0.1) is 4.92 Å². The van der Waals surface area contributed by atoms with Crippen LogP contribution in [0.25, 0.3) is 21.9 Å². The van der Waals surface area contributed by atoms with E-state index in [-0.39, 0.29) is 10.6 Å². The summed E-state index contributed by atoms with van der Waals surface area (Å²) in [5.41, 5.74) is 5.47. The van der Waals surface area contributed by atoms with Crippen molar-refractivity contribution in [3.8, 4) is 0 Å². The van der Waals surface area contributed by atoms with Gasteiger partial charge < -0.3 is 4.90 Å². The topological polar surface area (TPSA) is 50.3 Å². The fourth-order valence-electron chi connectivity index (χ4n) is 3.47. The molecule has 0 N–H and O–H groups in total. The Bertz CT molecular complexity index is 1310. The molecule has 0 spiro atoms. The van der Waals surface area contributed by atoms with Gasteiger partial charge in [-0.1, -0.05) is 23.5 Å². The highest BCUT2D eigenvalue weighted by Gasteiger charge is 2.20. The zero-order valence-corrected chi connectivity index (χ0v) is 22.6. The Hall–Kier alpha value is -2.05. The van der Waals surface area contributed by atoms with E-state index in [1.54, 1.807) is 23.5 Å². The molecule has 8 heteroatoms. The second kappa shape index (κ2) is 9.84. The van der Waals surface area contributed by atoms with Crippen molar-refractivity contribution in [1.29, 1.82) is 0 Å². The molecule has 0 aliphatic carbocycles. The molecule has 0 unspecified atom stereocenters. The molecule has 3 aromatic carbocycles. The molecule has 0 saturated carbocycles. The van der Waals surface area contributed by atoms with Crippen molar-refractivity contribution in [2.24, 2.45) is 0 Å². The number of halogens is 2. The third kappa shape index (κ3) is 4.81. The minimum atomic E-state index is -0.364. The van der Waals surface area contributed by atoms with Gasteiger partial charge in [0.2, 0.25) is 5.52 Å². The molecule has 5 nitrogen and oxygen atoms in total. The van der Waals surface area contributed by atoms with Crippen LogP contribution in [0.15, 0.2) is 66.7 Å². The van der Waals surface area contributed by atoms with Crippen molar-refractivity contribution >= 4 is 89.8 Å². The molecule has 4 aromatic rings. The van der Waals surface area contributed by atoms with Crippen molar-refractivity contribution in [1.82, 2.24) is 0 Å². The van der Waals surface area contributed by atoms with E-state index >= 15 is 0 Å². The van der Waals surface area contributed by atoms with Crippen LogP contribution in [0.2, 0.25) is 0 Å². The monoisotopic (exact) mass is 668 g/mol. The number of alkyl halides is 1. The zero-order chi connectivity index (χ0) is 22.8. The van der Waals surface area contributed by atoms with Crippen LogP contribution in [0, 0.1) is 13.7 Å². The summed E-state index contributed by atoms with van der Waals surface area (Å²) < 4.78 is 5.58. The van der Waals surface area contributed by atoms with Gasteiger partial charge in [-0.2, -0.15) is 4.57 Å².